The lowest BCUT2D eigenvalue weighted by atomic mass is 10.2. The molecule has 0 fully saturated rings. The first kappa shape index (κ1) is 8.43. The Labute approximate surface area is 68.5 Å². The van der Waals surface area contributed by atoms with Crippen molar-refractivity contribution >= 4 is 11.1 Å². The standard InChI is InChI=1S/C8H10O2S/c1-2-7-5-3-4-6-8(7)11(9)10/h3-6H,2H2,1H3,(H,9,10). The summed E-state index contributed by atoms with van der Waals surface area (Å²) in [5.41, 5.74) is 0.938. The fraction of sp³-hybridized carbons (Fsp3) is 0.250. The van der Waals surface area contributed by atoms with E-state index in [0.29, 0.717) is 4.90 Å². The lowest BCUT2D eigenvalue weighted by Crippen LogP contribution is -1.93. The maximum atomic E-state index is 10.7. The van der Waals surface area contributed by atoms with Gasteiger partial charge >= 0.3 is 0 Å². The molecule has 60 valence electrons. The van der Waals surface area contributed by atoms with E-state index in [4.69, 9.17) is 4.55 Å². The molecule has 1 aromatic carbocycles. The van der Waals surface area contributed by atoms with Crippen LogP contribution in [-0.4, -0.2) is 8.76 Å². The topological polar surface area (TPSA) is 37.3 Å². The summed E-state index contributed by atoms with van der Waals surface area (Å²) in [7, 11) is 0. The second kappa shape index (κ2) is 3.64. The Kier molecular flexibility index (Phi) is 2.79. The second-order valence-corrected chi connectivity index (χ2v) is 3.15. The molecule has 2 nitrogen and oxygen atoms in total. The summed E-state index contributed by atoms with van der Waals surface area (Å²) in [4.78, 5) is 0.523. The highest BCUT2D eigenvalue weighted by atomic mass is 32.2. The predicted octanol–water partition coefficient (Wildman–Crippen LogP) is 1.83. The largest absolute Gasteiger partial charge is 0.302 e. The SMILES string of the molecule is CCc1ccccc1S(=O)O. The van der Waals surface area contributed by atoms with Crippen molar-refractivity contribution < 1.29 is 8.76 Å². The molecule has 0 aliphatic carbocycles. The van der Waals surface area contributed by atoms with E-state index in [1.54, 1.807) is 12.1 Å². The summed E-state index contributed by atoms with van der Waals surface area (Å²) in [6.07, 6.45) is 0.794. The van der Waals surface area contributed by atoms with E-state index in [0.717, 1.165) is 12.0 Å². The second-order valence-electron chi connectivity index (χ2n) is 2.21. The number of rotatable bonds is 2. The average Bonchev–Trinajstić information content (AvgIpc) is 2.04. The van der Waals surface area contributed by atoms with Gasteiger partial charge in [-0.2, -0.15) is 0 Å². The summed E-state index contributed by atoms with van der Waals surface area (Å²) < 4.78 is 19.5. The maximum Gasteiger partial charge on any atom is 0.186 e. The molecule has 1 N–H and O–H groups in total. The third kappa shape index (κ3) is 1.88. The van der Waals surface area contributed by atoms with Gasteiger partial charge in [-0.25, -0.2) is 4.21 Å². The molecule has 1 unspecified atom stereocenters. The first-order chi connectivity index (χ1) is 5.25. The highest BCUT2D eigenvalue weighted by Crippen LogP contribution is 2.11. The molecule has 0 heterocycles. The molecule has 0 amide bonds. The van der Waals surface area contributed by atoms with Gasteiger partial charge in [-0.1, -0.05) is 25.1 Å². The van der Waals surface area contributed by atoms with Gasteiger partial charge in [0.2, 0.25) is 0 Å². The zero-order chi connectivity index (χ0) is 8.27. The average molecular weight is 170 g/mol. The van der Waals surface area contributed by atoms with Crippen LogP contribution in [0.3, 0.4) is 0 Å². The van der Waals surface area contributed by atoms with Crippen molar-refractivity contribution in [2.75, 3.05) is 0 Å². The highest BCUT2D eigenvalue weighted by Gasteiger charge is 2.03. The summed E-state index contributed by atoms with van der Waals surface area (Å²) in [6, 6.07) is 7.18. The van der Waals surface area contributed by atoms with E-state index in [9.17, 15) is 4.21 Å². The minimum atomic E-state index is -1.84. The van der Waals surface area contributed by atoms with Crippen molar-refractivity contribution in [3.05, 3.63) is 29.8 Å². The molecule has 0 saturated carbocycles. The van der Waals surface area contributed by atoms with E-state index in [2.05, 4.69) is 0 Å². The van der Waals surface area contributed by atoms with Crippen molar-refractivity contribution in [1.29, 1.82) is 0 Å². The van der Waals surface area contributed by atoms with Crippen LogP contribution < -0.4 is 0 Å². The van der Waals surface area contributed by atoms with Crippen LogP contribution in [-0.2, 0) is 17.5 Å². The van der Waals surface area contributed by atoms with E-state index in [1.807, 2.05) is 19.1 Å². The first-order valence-electron chi connectivity index (χ1n) is 3.44. The van der Waals surface area contributed by atoms with Gasteiger partial charge in [-0.3, -0.25) is 0 Å². The number of hydrogen-bond donors (Lipinski definition) is 1. The summed E-state index contributed by atoms with van der Waals surface area (Å²) >= 11 is -1.84. The molecular weight excluding hydrogens is 160 g/mol. The molecule has 1 atom stereocenters. The Morgan fingerprint density at radius 1 is 1.45 bits per heavy atom. The van der Waals surface area contributed by atoms with Gasteiger partial charge < -0.3 is 4.55 Å². The predicted molar refractivity (Wildman–Crippen MR) is 44.9 cm³/mol. The highest BCUT2D eigenvalue weighted by molar-refractivity contribution is 7.79. The first-order valence-corrected chi connectivity index (χ1v) is 4.55. The third-order valence-electron chi connectivity index (χ3n) is 1.54. The summed E-state index contributed by atoms with van der Waals surface area (Å²) in [6.45, 7) is 1.96. The molecule has 0 saturated heterocycles. The fourth-order valence-corrected chi connectivity index (χ4v) is 1.60. The van der Waals surface area contributed by atoms with Crippen molar-refractivity contribution in [3.63, 3.8) is 0 Å². The Bertz CT molecular complexity index is 271. The van der Waals surface area contributed by atoms with Crippen LogP contribution in [0.4, 0.5) is 0 Å². The van der Waals surface area contributed by atoms with Crippen molar-refractivity contribution in [1.82, 2.24) is 0 Å². The Balaban J connectivity index is 3.12. The smallest absolute Gasteiger partial charge is 0.186 e. The van der Waals surface area contributed by atoms with Crippen molar-refractivity contribution in [2.24, 2.45) is 0 Å². The van der Waals surface area contributed by atoms with Crippen LogP contribution in [0.2, 0.25) is 0 Å². The van der Waals surface area contributed by atoms with E-state index in [-0.39, 0.29) is 0 Å². The molecule has 1 aromatic rings. The molecule has 0 spiro atoms. The van der Waals surface area contributed by atoms with E-state index < -0.39 is 11.1 Å². The van der Waals surface area contributed by atoms with Crippen LogP contribution in [0.15, 0.2) is 29.2 Å². The Morgan fingerprint density at radius 3 is 2.55 bits per heavy atom. The van der Waals surface area contributed by atoms with Gasteiger partial charge in [0.05, 0.1) is 4.90 Å². The number of aryl methyl sites for hydroxylation is 1. The molecule has 0 radical (unpaired) electrons. The molecule has 0 aliphatic rings. The maximum absolute atomic E-state index is 10.7. The normalized spacial score (nSPS) is 12.9. The van der Waals surface area contributed by atoms with Crippen LogP contribution in [0.1, 0.15) is 12.5 Å². The molecule has 1 rings (SSSR count). The number of hydrogen-bond acceptors (Lipinski definition) is 1. The van der Waals surface area contributed by atoms with Gasteiger partial charge in [0.25, 0.3) is 0 Å². The molecular formula is C8H10O2S. The van der Waals surface area contributed by atoms with Gasteiger partial charge in [0.1, 0.15) is 0 Å². The Morgan fingerprint density at radius 2 is 2.09 bits per heavy atom. The van der Waals surface area contributed by atoms with E-state index >= 15 is 0 Å². The minimum absolute atomic E-state index is 0.523. The van der Waals surface area contributed by atoms with Gasteiger partial charge in [-0.15, -0.1) is 0 Å². The minimum Gasteiger partial charge on any atom is -0.302 e. The third-order valence-corrected chi connectivity index (χ3v) is 2.32. The van der Waals surface area contributed by atoms with Crippen LogP contribution in [0, 0.1) is 0 Å². The van der Waals surface area contributed by atoms with E-state index in [1.165, 1.54) is 0 Å². The molecule has 3 heteroatoms. The lowest BCUT2D eigenvalue weighted by Gasteiger charge is -2.00. The zero-order valence-corrected chi connectivity index (χ0v) is 7.10. The van der Waals surface area contributed by atoms with Crippen LogP contribution in [0.5, 0.6) is 0 Å². The van der Waals surface area contributed by atoms with Gasteiger partial charge in [0.15, 0.2) is 11.1 Å². The number of benzene rings is 1. The Hall–Kier alpha value is -0.670. The summed E-state index contributed by atoms with van der Waals surface area (Å²) in [5.74, 6) is 0. The lowest BCUT2D eigenvalue weighted by molar-refractivity contribution is 0.563. The monoisotopic (exact) mass is 170 g/mol. The molecule has 11 heavy (non-hydrogen) atoms. The van der Waals surface area contributed by atoms with Crippen LogP contribution >= 0.6 is 0 Å². The summed E-state index contributed by atoms with van der Waals surface area (Å²) in [5, 5.41) is 0. The van der Waals surface area contributed by atoms with Crippen molar-refractivity contribution in [3.8, 4) is 0 Å². The quantitative estimate of drug-likeness (QED) is 0.687. The molecule has 0 bridgehead atoms. The molecule has 0 aliphatic heterocycles. The fourth-order valence-electron chi connectivity index (χ4n) is 0.966. The molecule has 0 aromatic heterocycles. The van der Waals surface area contributed by atoms with Gasteiger partial charge in [-0.05, 0) is 18.1 Å². The van der Waals surface area contributed by atoms with Crippen LogP contribution in [0.25, 0.3) is 0 Å². The van der Waals surface area contributed by atoms with Gasteiger partial charge in [0, 0.05) is 0 Å². The zero-order valence-electron chi connectivity index (χ0n) is 6.28. The van der Waals surface area contributed by atoms with Crippen molar-refractivity contribution in [2.45, 2.75) is 18.2 Å².